The normalized spacial score (nSPS) is 15.4. The Labute approximate surface area is 103 Å². The van der Waals surface area contributed by atoms with E-state index in [1.54, 1.807) is 0 Å². The third-order valence-corrected chi connectivity index (χ3v) is 2.90. The molecule has 1 aromatic rings. The van der Waals surface area contributed by atoms with Crippen LogP contribution in [0.5, 0.6) is 0 Å². The van der Waals surface area contributed by atoms with Gasteiger partial charge in [0.25, 0.3) is 0 Å². The molecule has 0 saturated heterocycles. The molecule has 1 aromatic heterocycles. The highest BCUT2D eigenvalue weighted by Crippen LogP contribution is 2.27. The van der Waals surface area contributed by atoms with E-state index in [9.17, 15) is 0 Å². The van der Waals surface area contributed by atoms with E-state index in [1.165, 1.54) is 12.8 Å². The van der Waals surface area contributed by atoms with Crippen LogP contribution in [0.1, 0.15) is 31.9 Å². The summed E-state index contributed by atoms with van der Waals surface area (Å²) in [5, 5.41) is 11.7. The van der Waals surface area contributed by atoms with Crippen LogP contribution in [0, 0.1) is 5.92 Å². The summed E-state index contributed by atoms with van der Waals surface area (Å²) in [4.78, 5) is 0. The minimum Gasteiger partial charge on any atom is -0.382 e. The fourth-order valence-corrected chi connectivity index (χ4v) is 1.73. The van der Waals surface area contributed by atoms with E-state index < -0.39 is 0 Å². The average molecular weight is 238 g/mol. The van der Waals surface area contributed by atoms with Crippen molar-refractivity contribution in [1.82, 2.24) is 20.3 Å². The molecule has 1 heterocycles. The summed E-state index contributed by atoms with van der Waals surface area (Å²) >= 11 is 0. The minimum absolute atomic E-state index is 0.785. The van der Waals surface area contributed by atoms with E-state index in [4.69, 9.17) is 4.74 Å². The zero-order valence-electron chi connectivity index (χ0n) is 10.6. The molecule has 1 fully saturated rings. The molecule has 1 N–H and O–H groups in total. The second-order valence-electron chi connectivity index (χ2n) is 4.60. The molecule has 0 bridgehead atoms. The highest BCUT2D eigenvalue weighted by molar-refractivity contribution is 4.92. The standard InChI is InChI=1S/C12H22N4O/c1-2-17-7-3-6-16-10-12(14-15-16)9-13-8-11-4-5-11/h10-11,13H,2-9H2,1H3. The number of rotatable bonds is 9. The molecule has 0 atom stereocenters. The monoisotopic (exact) mass is 238 g/mol. The van der Waals surface area contributed by atoms with Crippen molar-refractivity contribution in [2.45, 2.75) is 39.3 Å². The van der Waals surface area contributed by atoms with Crippen molar-refractivity contribution in [2.75, 3.05) is 19.8 Å². The van der Waals surface area contributed by atoms with Crippen LogP contribution in [0.2, 0.25) is 0 Å². The van der Waals surface area contributed by atoms with Gasteiger partial charge in [0, 0.05) is 32.5 Å². The highest BCUT2D eigenvalue weighted by Gasteiger charge is 2.20. The van der Waals surface area contributed by atoms with Crippen molar-refractivity contribution in [2.24, 2.45) is 5.92 Å². The number of aromatic nitrogens is 3. The second kappa shape index (κ2) is 6.71. The van der Waals surface area contributed by atoms with Gasteiger partial charge in [0.05, 0.1) is 5.69 Å². The summed E-state index contributed by atoms with van der Waals surface area (Å²) in [7, 11) is 0. The van der Waals surface area contributed by atoms with E-state index in [1.807, 2.05) is 17.8 Å². The van der Waals surface area contributed by atoms with Crippen LogP contribution in [-0.2, 0) is 17.8 Å². The van der Waals surface area contributed by atoms with E-state index in [0.717, 1.165) is 50.9 Å². The summed E-state index contributed by atoms with van der Waals surface area (Å²) in [6, 6.07) is 0. The Balaban J connectivity index is 1.60. The molecule has 0 aromatic carbocycles. The molecular weight excluding hydrogens is 216 g/mol. The van der Waals surface area contributed by atoms with Gasteiger partial charge >= 0.3 is 0 Å². The molecule has 0 amide bonds. The Morgan fingerprint density at radius 3 is 3.18 bits per heavy atom. The number of hydrogen-bond donors (Lipinski definition) is 1. The maximum absolute atomic E-state index is 5.29. The fourth-order valence-electron chi connectivity index (χ4n) is 1.73. The van der Waals surface area contributed by atoms with Gasteiger partial charge < -0.3 is 10.1 Å². The van der Waals surface area contributed by atoms with Gasteiger partial charge in [-0.05, 0) is 38.6 Å². The predicted molar refractivity (Wildman–Crippen MR) is 65.6 cm³/mol. The number of aryl methyl sites for hydroxylation is 1. The molecule has 0 radical (unpaired) electrons. The molecule has 1 saturated carbocycles. The van der Waals surface area contributed by atoms with Gasteiger partial charge in [0.1, 0.15) is 0 Å². The molecule has 0 aliphatic heterocycles. The Morgan fingerprint density at radius 1 is 1.53 bits per heavy atom. The molecular formula is C12H22N4O. The molecule has 2 rings (SSSR count). The van der Waals surface area contributed by atoms with Crippen LogP contribution < -0.4 is 5.32 Å². The summed E-state index contributed by atoms with van der Waals surface area (Å²) in [5.74, 6) is 0.913. The summed E-state index contributed by atoms with van der Waals surface area (Å²) < 4.78 is 7.18. The first-order chi connectivity index (χ1) is 8.38. The third kappa shape index (κ3) is 4.83. The number of hydrogen-bond acceptors (Lipinski definition) is 4. The van der Waals surface area contributed by atoms with Crippen molar-refractivity contribution in [3.8, 4) is 0 Å². The number of nitrogens with zero attached hydrogens (tertiary/aromatic N) is 3. The Bertz CT molecular complexity index is 322. The van der Waals surface area contributed by atoms with Crippen LogP contribution >= 0.6 is 0 Å². The van der Waals surface area contributed by atoms with Crippen molar-refractivity contribution in [3.05, 3.63) is 11.9 Å². The highest BCUT2D eigenvalue weighted by atomic mass is 16.5. The lowest BCUT2D eigenvalue weighted by Gasteiger charge is -2.01. The second-order valence-corrected chi connectivity index (χ2v) is 4.60. The van der Waals surface area contributed by atoms with E-state index >= 15 is 0 Å². The van der Waals surface area contributed by atoms with E-state index in [-0.39, 0.29) is 0 Å². The van der Waals surface area contributed by atoms with E-state index in [2.05, 4.69) is 15.6 Å². The first-order valence-electron chi connectivity index (χ1n) is 6.56. The summed E-state index contributed by atoms with van der Waals surface area (Å²) in [6.07, 6.45) is 5.78. The Hall–Kier alpha value is -0.940. The first kappa shape index (κ1) is 12.5. The molecule has 5 heteroatoms. The van der Waals surface area contributed by atoms with Crippen molar-refractivity contribution >= 4 is 0 Å². The summed E-state index contributed by atoms with van der Waals surface area (Å²) in [5.41, 5.74) is 1.03. The van der Waals surface area contributed by atoms with Crippen LogP contribution in [0.25, 0.3) is 0 Å². The largest absolute Gasteiger partial charge is 0.382 e. The van der Waals surface area contributed by atoms with Gasteiger partial charge in [0.15, 0.2) is 0 Å². The molecule has 0 unspecified atom stereocenters. The first-order valence-corrected chi connectivity index (χ1v) is 6.56. The third-order valence-electron chi connectivity index (χ3n) is 2.90. The van der Waals surface area contributed by atoms with Crippen LogP contribution in [0.3, 0.4) is 0 Å². The van der Waals surface area contributed by atoms with Gasteiger partial charge in [0.2, 0.25) is 0 Å². The zero-order valence-corrected chi connectivity index (χ0v) is 10.6. The molecule has 1 aliphatic rings. The smallest absolute Gasteiger partial charge is 0.0964 e. The van der Waals surface area contributed by atoms with Gasteiger partial charge in [-0.3, -0.25) is 4.68 Å². The maximum atomic E-state index is 5.29. The summed E-state index contributed by atoms with van der Waals surface area (Å²) in [6.45, 7) is 6.44. The zero-order chi connectivity index (χ0) is 11.9. The van der Waals surface area contributed by atoms with Gasteiger partial charge in [-0.2, -0.15) is 0 Å². The topological polar surface area (TPSA) is 52.0 Å². The van der Waals surface area contributed by atoms with Crippen LogP contribution in [0.15, 0.2) is 6.20 Å². The quantitative estimate of drug-likeness (QED) is 0.657. The number of ether oxygens (including phenoxy) is 1. The van der Waals surface area contributed by atoms with Gasteiger partial charge in [-0.15, -0.1) is 5.10 Å². The van der Waals surface area contributed by atoms with Gasteiger partial charge in [-0.25, -0.2) is 0 Å². The van der Waals surface area contributed by atoms with Crippen LogP contribution in [-0.4, -0.2) is 34.8 Å². The SMILES string of the molecule is CCOCCCn1cc(CNCC2CC2)nn1. The molecule has 17 heavy (non-hydrogen) atoms. The lowest BCUT2D eigenvalue weighted by Crippen LogP contribution is -2.16. The predicted octanol–water partition coefficient (Wildman–Crippen LogP) is 1.20. The van der Waals surface area contributed by atoms with E-state index in [0.29, 0.717) is 0 Å². The van der Waals surface area contributed by atoms with Crippen molar-refractivity contribution < 1.29 is 4.74 Å². The Morgan fingerprint density at radius 2 is 2.41 bits per heavy atom. The fraction of sp³-hybridized carbons (Fsp3) is 0.833. The molecule has 5 nitrogen and oxygen atoms in total. The van der Waals surface area contributed by atoms with Crippen LogP contribution in [0.4, 0.5) is 0 Å². The Kier molecular flexibility index (Phi) is 4.94. The molecule has 1 aliphatic carbocycles. The van der Waals surface area contributed by atoms with Gasteiger partial charge in [-0.1, -0.05) is 5.21 Å². The molecule has 96 valence electrons. The van der Waals surface area contributed by atoms with Crippen molar-refractivity contribution in [1.29, 1.82) is 0 Å². The maximum Gasteiger partial charge on any atom is 0.0964 e. The average Bonchev–Trinajstić information content (AvgIpc) is 3.04. The molecule has 0 spiro atoms. The van der Waals surface area contributed by atoms with Crippen molar-refractivity contribution in [3.63, 3.8) is 0 Å². The number of nitrogens with one attached hydrogen (secondary N) is 1. The lowest BCUT2D eigenvalue weighted by atomic mass is 10.4. The minimum atomic E-state index is 0.785. The lowest BCUT2D eigenvalue weighted by molar-refractivity contribution is 0.140.